The minimum absolute atomic E-state index is 0.0467. The molecule has 0 amide bonds. The molecule has 0 saturated heterocycles. The van der Waals surface area contributed by atoms with Crippen molar-refractivity contribution in [3.8, 4) is 0 Å². The van der Waals surface area contributed by atoms with E-state index in [1.807, 2.05) is 12.4 Å². The number of nitrogens with one attached hydrogen (secondary N) is 1. The second-order valence-corrected chi connectivity index (χ2v) is 7.37. The number of aromatic nitrogens is 2. The van der Waals surface area contributed by atoms with Gasteiger partial charge in [-0.15, -0.1) is 0 Å². The zero-order chi connectivity index (χ0) is 16.3. The fraction of sp³-hybridized carbons (Fsp3) is 0.500. The van der Waals surface area contributed by atoms with Crippen molar-refractivity contribution < 1.29 is 0 Å². The first-order valence-corrected chi connectivity index (χ1v) is 8.64. The molecule has 1 unspecified atom stereocenters. The Balaban J connectivity index is 1.59. The lowest BCUT2D eigenvalue weighted by Gasteiger charge is -2.27. The molecule has 2 heterocycles. The molecule has 3 heteroatoms. The van der Waals surface area contributed by atoms with Gasteiger partial charge in [0.05, 0.1) is 0 Å². The molecule has 2 aromatic rings. The van der Waals surface area contributed by atoms with E-state index in [1.165, 1.54) is 29.7 Å². The lowest BCUT2D eigenvalue weighted by atomic mass is 9.88. The van der Waals surface area contributed by atoms with E-state index < -0.39 is 0 Å². The summed E-state index contributed by atoms with van der Waals surface area (Å²) in [6, 6.07) is 9.15. The Labute approximate surface area is 139 Å². The average molecular weight is 309 g/mol. The summed E-state index contributed by atoms with van der Waals surface area (Å²) in [5.41, 5.74) is 5.14. The van der Waals surface area contributed by atoms with Crippen molar-refractivity contribution in [3.05, 3.63) is 59.2 Å². The SMILES string of the molecule is Cc1ccc(C(C)(C)CNC2CCc3cccnc3CC2)nc1. The third-order valence-corrected chi connectivity index (χ3v) is 4.91. The van der Waals surface area contributed by atoms with Gasteiger partial charge in [0.25, 0.3) is 0 Å². The molecule has 122 valence electrons. The highest BCUT2D eigenvalue weighted by Gasteiger charge is 2.24. The van der Waals surface area contributed by atoms with Crippen LogP contribution in [0, 0.1) is 6.92 Å². The molecule has 1 aliphatic carbocycles. The van der Waals surface area contributed by atoms with Gasteiger partial charge in [0.15, 0.2) is 0 Å². The highest BCUT2D eigenvalue weighted by Crippen LogP contribution is 2.23. The van der Waals surface area contributed by atoms with E-state index in [0.29, 0.717) is 6.04 Å². The van der Waals surface area contributed by atoms with E-state index in [9.17, 15) is 0 Å². The van der Waals surface area contributed by atoms with Crippen molar-refractivity contribution in [3.63, 3.8) is 0 Å². The van der Waals surface area contributed by atoms with Gasteiger partial charge in [-0.05, 0) is 55.9 Å². The molecule has 0 fully saturated rings. The van der Waals surface area contributed by atoms with Crippen molar-refractivity contribution in [2.45, 2.75) is 57.9 Å². The quantitative estimate of drug-likeness (QED) is 0.877. The van der Waals surface area contributed by atoms with Crippen molar-refractivity contribution in [1.82, 2.24) is 15.3 Å². The maximum Gasteiger partial charge on any atom is 0.0472 e. The van der Waals surface area contributed by atoms with Gasteiger partial charge in [0, 0.05) is 41.8 Å². The maximum absolute atomic E-state index is 4.61. The van der Waals surface area contributed by atoms with Crippen molar-refractivity contribution in [2.24, 2.45) is 0 Å². The van der Waals surface area contributed by atoms with E-state index in [0.717, 1.165) is 25.1 Å². The largest absolute Gasteiger partial charge is 0.313 e. The molecule has 2 aromatic heterocycles. The Morgan fingerprint density at radius 3 is 2.74 bits per heavy atom. The number of nitrogens with zero attached hydrogens (tertiary/aromatic N) is 2. The second kappa shape index (κ2) is 6.79. The molecule has 0 spiro atoms. The zero-order valence-electron chi connectivity index (χ0n) is 14.5. The molecule has 23 heavy (non-hydrogen) atoms. The summed E-state index contributed by atoms with van der Waals surface area (Å²) in [5.74, 6) is 0. The zero-order valence-corrected chi connectivity index (χ0v) is 14.5. The van der Waals surface area contributed by atoms with E-state index in [2.05, 4.69) is 60.3 Å². The molecule has 0 aromatic carbocycles. The smallest absolute Gasteiger partial charge is 0.0472 e. The van der Waals surface area contributed by atoms with Gasteiger partial charge in [0.2, 0.25) is 0 Å². The summed E-state index contributed by atoms with van der Waals surface area (Å²) in [7, 11) is 0. The van der Waals surface area contributed by atoms with Gasteiger partial charge in [-0.3, -0.25) is 9.97 Å². The Bertz CT molecular complexity index is 619. The Kier molecular flexibility index (Phi) is 4.76. The van der Waals surface area contributed by atoms with Crippen molar-refractivity contribution >= 4 is 0 Å². The highest BCUT2D eigenvalue weighted by atomic mass is 14.9. The summed E-state index contributed by atoms with van der Waals surface area (Å²) in [6.45, 7) is 7.58. The van der Waals surface area contributed by atoms with Crippen molar-refractivity contribution in [2.75, 3.05) is 6.54 Å². The number of hydrogen-bond donors (Lipinski definition) is 1. The molecule has 3 rings (SSSR count). The van der Waals surface area contributed by atoms with Gasteiger partial charge in [0.1, 0.15) is 0 Å². The number of fused-ring (bicyclic) bond motifs is 1. The normalized spacial score (nSPS) is 18.3. The minimum Gasteiger partial charge on any atom is -0.313 e. The lowest BCUT2D eigenvalue weighted by Crippen LogP contribution is -2.39. The third kappa shape index (κ3) is 3.97. The monoisotopic (exact) mass is 309 g/mol. The lowest BCUT2D eigenvalue weighted by molar-refractivity contribution is 0.387. The Hall–Kier alpha value is -1.74. The van der Waals surface area contributed by atoms with Gasteiger partial charge >= 0.3 is 0 Å². The van der Waals surface area contributed by atoms with Crippen LogP contribution in [0.5, 0.6) is 0 Å². The van der Waals surface area contributed by atoms with Gasteiger partial charge in [-0.1, -0.05) is 26.0 Å². The molecule has 1 N–H and O–H groups in total. The molecule has 0 bridgehead atoms. The molecule has 1 aliphatic rings. The van der Waals surface area contributed by atoms with Crippen LogP contribution in [0.1, 0.15) is 49.2 Å². The average Bonchev–Trinajstić information content (AvgIpc) is 2.76. The molecule has 0 radical (unpaired) electrons. The molecular weight excluding hydrogens is 282 g/mol. The van der Waals surface area contributed by atoms with E-state index in [-0.39, 0.29) is 5.41 Å². The topological polar surface area (TPSA) is 37.8 Å². The van der Waals surface area contributed by atoms with Gasteiger partial charge in [-0.25, -0.2) is 0 Å². The summed E-state index contributed by atoms with van der Waals surface area (Å²) in [4.78, 5) is 9.16. The molecule has 3 nitrogen and oxygen atoms in total. The molecule has 0 aliphatic heterocycles. The standard InChI is InChI=1S/C20H27N3/c1-15-6-11-19(22-13-15)20(2,3)14-23-17-8-7-16-5-4-12-21-18(16)10-9-17/h4-6,11-13,17,23H,7-10,14H2,1-3H3. The minimum atomic E-state index is 0.0467. The first-order valence-electron chi connectivity index (χ1n) is 8.64. The molecule has 1 atom stereocenters. The van der Waals surface area contributed by atoms with Gasteiger partial charge < -0.3 is 5.32 Å². The number of pyridine rings is 2. The van der Waals surface area contributed by atoms with Gasteiger partial charge in [-0.2, -0.15) is 0 Å². The first-order chi connectivity index (χ1) is 11.0. The third-order valence-electron chi connectivity index (χ3n) is 4.91. The van der Waals surface area contributed by atoms with Crippen LogP contribution in [0.25, 0.3) is 0 Å². The van der Waals surface area contributed by atoms with E-state index >= 15 is 0 Å². The summed E-state index contributed by atoms with van der Waals surface area (Å²) >= 11 is 0. The molecular formula is C20H27N3. The predicted molar refractivity (Wildman–Crippen MR) is 94.7 cm³/mol. The van der Waals surface area contributed by atoms with Crippen LogP contribution < -0.4 is 5.32 Å². The van der Waals surface area contributed by atoms with E-state index in [4.69, 9.17) is 0 Å². The van der Waals surface area contributed by atoms with Crippen LogP contribution in [0.2, 0.25) is 0 Å². The van der Waals surface area contributed by atoms with Crippen LogP contribution >= 0.6 is 0 Å². The Morgan fingerprint density at radius 1 is 1.13 bits per heavy atom. The number of aryl methyl sites for hydroxylation is 3. The molecule has 0 saturated carbocycles. The van der Waals surface area contributed by atoms with Crippen LogP contribution in [-0.2, 0) is 18.3 Å². The summed E-state index contributed by atoms with van der Waals surface area (Å²) < 4.78 is 0. The van der Waals surface area contributed by atoms with Crippen molar-refractivity contribution in [1.29, 1.82) is 0 Å². The van der Waals surface area contributed by atoms with Crippen LogP contribution in [0.3, 0.4) is 0 Å². The second-order valence-electron chi connectivity index (χ2n) is 7.37. The highest BCUT2D eigenvalue weighted by molar-refractivity contribution is 5.22. The van der Waals surface area contributed by atoms with Crippen LogP contribution in [0.15, 0.2) is 36.7 Å². The fourth-order valence-electron chi connectivity index (χ4n) is 3.27. The van der Waals surface area contributed by atoms with Crippen LogP contribution in [-0.4, -0.2) is 22.6 Å². The fourth-order valence-corrected chi connectivity index (χ4v) is 3.27. The van der Waals surface area contributed by atoms with Crippen LogP contribution in [0.4, 0.5) is 0 Å². The first kappa shape index (κ1) is 16.1. The predicted octanol–water partition coefficient (Wildman–Crippen LogP) is 3.60. The number of rotatable bonds is 4. The summed E-state index contributed by atoms with van der Waals surface area (Å²) in [6.07, 6.45) is 8.45. The van der Waals surface area contributed by atoms with E-state index in [1.54, 1.807) is 0 Å². The number of hydrogen-bond acceptors (Lipinski definition) is 3. The maximum atomic E-state index is 4.61. The summed E-state index contributed by atoms with van der Waals surface area (Å²) in [5, 5.41) is 3.78. The Morgan fingerprint density at radius 2 is 1.96 bits per heavy atom.